The zero-order valence-corrected chi connectivity index (χ0v) is 9.72. The van der Waals surface area contributed by atoms with Crippen molar-refractivity contribution in [3.8, 4) is 0 Å². The van der Waals surface area contributed by atoms with Crippen LogP contribution in [0.15, 0.2) is 24.4 Å². The van der Waals surface area contributed by atoms with Crippen LogP contribution in [0.4, 0.5) is 0 Å². The van der Waals surface area contributed by atoms with E-state index in [1.54, 1.807) is 0 Å². The van der Waals surface area contributed by atoms with E-state index in [1.807, 2.05) is 34.6 Å². The fraction of sp³-hybridized carbons (Fsp3) is 0.417. The summed E-state index contributed by atoms with van der Waals surface area (Å²) in [6.45, 7) is 2.93. The standard InChI is InChI=1S/C12H17N3O/c1-3-10-7-12(14(2)13-10)8-15-6-4-5-11(15)9-16/h4-7,16H,3,8-9H2,1-2H3. The lowest BCUT2D eigenvalue weighted by molar-refractivity contribution is 0.271. The van der Waals surface area contributed by atoms with Crippen molar-refractivity contribution in [3.05, 3.63) is 41.5 Å². The van der Waals surface area contributed by atoms with Crippen LogP contribution in [0.2, 0.25) is 0 Å². The van der Waals surface area contributed by atoms with Gasteiger partial charge in [0.2, 0.25) is 0 Å². The van der Waals surface area contributed by atoms with Crippen LogP contribution in [0.5, 0.6) is 0 Å². The first-order valence-corrected chi connectivity index (χ1v) is 5.51. The predicted molar refractivity (Wildman–Crippen MR) is 62.0 cm³/mol. The molecule has 0 aromatic carbocycles. The van der Waals surface area contributed by atoms with E-state index in [9.17, 15) is 0 Å². The highest BCUT2D eigenvalue weighted by Gasteiger charge is 2.06. The Labute approximate surface area is 95.1 Å². The Bertz CT molecular complexity index is 470. The van der Waals surface area contributed by atoms with Crippen molar-refractivity contribution in [1.82, 2.24) is 14.3 Å². The number of aliphatic hydroxyl groups is 1. The maximum Gasteiger partial charge on any atom is 0.0832 e. The van der Waals surface area contributed by atoms with Crippen molar-refractivity contribution in [3.63, 3.8) is 0 Å². The Balaban J connectivity index is 2.23. The molecular formula is C12H17N3O. The number of hydrogen-bond acceptors (Lipinski definition) is 2. The Morgan fingerprint density at radius 1 is 1.38 bits per heavy atom. The summed E-state index contributed by atoms with van der Waals surface area (Å²) in [5, 5.41) is 13.6. The highest BCUT2D eigenvalue weighted by molar-refractivity contribution is 5.14. The summed E-state index contributed by atoms with van der Waals surface area (Å²) in [6, 6.07) is 5.99. The molecule has 1 N–H and O–H groups in total. The van der Waals surface area contributed by atoms with Crippen LogP contribution >= 0.6 is 0 Å². The van der Waals surface area contributed by atoms with Crippen LogP contribution in [0.25, 0.3) is 0 Å². The maximum atomic E-state index is 9.16. The summed E-state index contributed by atoms with van der Waals surface area (Å²) < 4.78 is 3.94. The normalized spacial score (nSPS) is 10.9. The Morgan fingerprint density at radius 2 is 2.19 bits per heavy atom. The number of hydrogen-bond donors (Lipinski definition) is 1. The average molecular weight is 219 g/mol. The second-order valence-corrected chi connectivity index (χ2v) is 3.89. The van der Waals surface area contributed by atoms with Gasteiger partial charge >= 0.3 is 0 Å². The van der Waals surface area contributed by atoms with E-state index < -0.39 is 0 Å². The molecule has 0 saturated heterocycles. The van der Waals surface area contributed by atoms with E-state index >= 15 is 0 Å². The highest BCUT2D eigenvalue weighted by Crippen LogP contribution is 2.09. The molecule has 2 heterocycles. The molecule has 0 unspecified atom stereocenters. The summed E-state index contributed by atoms with van der Waals surface area (Å²) in [7, 11) is 1.95. The van der Waals surface area contributed by atoms with E-state index in [0.29, 0.717) is 0 Å². The van der Waals surface area contributed by atoms with Crippen LogP contribution in [0.1, 0.15) is 24.0 Å². The monoisotopic (exact) mass is 219 g/mol. The zero-order chi connectivity index (χ0) is 11.5. The Kier molecular flexibility index (Phi) is 3.10. The van der Waals surface area contributed by atoms with Crippen molar-refractivity contribution in [2.75, 3.05) is 0 Å². The minimum absolute atomic E-state index is 0.0749. The summed E-state index contributed by atoms with van der Waals surface area (Å²) >= 11 is 0. The molecule has 0 aliphatic rings. The lowest BCUT2D eigenvalue weighted by atomic mass is 10.3. The summed E-state index contributed by atoms with van der Waals surface area (Å²) in [5.74, 6) is 0. The van der Waals surface area contributed by atoms with Crippen molar-refractivity contribution in [1.29, 1.82) is 0 Å². The summed E-state index contributed by atoms with van der Waals surface area (Å²) in [4.78, 5) is 0. The SMILES string of the molecule is CCc1cc(Cn2cccc2CO)n(C)n1. The smallest absolute Gasteiger partial charge is 0.0832 e. The highest BCUT2D eigenvalue weighted by atomic mass is 16.3. The molecule has 16 heavy (non-hydrogen) atoms. The third-order valence-electron chi connectivity index (χ3n) is 2.81. The van der Waals surface area contributed by atoms with Gasteiger partial charge in [0, 0.05) is 18.9 Å². The van der Waals surface area contributed by atoms with E-state index in [2.05, 4.69) is 18.1 Å². The van der Waals surface area contributed by atoms with Crippen LogP contribution in [-0.4, -0.2) is 19.5 Å². The molecule has 0 spiro atoms. The fourth-order valence-corrected chi connectivity index (χ4v) is 1.81. The second kappa shape index (κ2) is 4.53. The topological polar surface area (TPSA) is 43.0 Å². The maximum absolute atomic E-state index is 9.16. The van der Waals surface area contributed by atoms with Gasteiger partial charge in [-0.05, 0) is 24.6 Å². The minimum atomic E-state index is 0.0749. The molecule has 0 atom stereocenters. The Morgan fingerprint density at radius 3 is 2.81 bits per heavy atom. The number of aliphatic hydroxyl groups excluding tert-OH is 1. The molecule has 4 heteroatoms. The lowest BCUT2D eigenvalue weighted by Gasteiger charge is -2.07. The molecule has 0 bridgehead atoms. The average Bonchev–Trinajstić information content (AvgIpc) is 2.86. The molecule has 0 aliphatic carbocycles. The van der Waals surface area contributed by atoms with Crippen LogP contribution < -0.4 is 0 Å². The zero-order valence-electron chi connectivity index (χ0n) is 9.72. The molecule has 4 nitrogen and oxygen atoms in total. The number of aromatic nitrogens is 3. The van der Waals surface area contributed by atoms with Gasteiger partial charge in [0.15, 0.2) is 0 Å². The van der Waals surface area contributed by atoms with Gasteiger partial charge in [0.05, 0.1) is 24.5 Å². The molecule has 2 aromatic heterocycles. The van der Waals surface area contributed by atoms with Gasteiger partial charge < -0.3 is 9.67 Å². The minimum Gasteiger partial charge on any atom is -0.390 e. The van der Waals surface area contributed by atoms with Crippen LogP contribution in [0.3, 0.4) is 0 Å². The molecule has 2 aromatic rings. The van der Waals surface area contributed by atoms with E-state index in [-0.39, 0.29) is 6.61 Å². The van der Waals surface area contributed by atoms with Gasteiger partial charge in [0.25, 0.3) is 0 Å². The van der Waals surface area contributed by atoms with Crippen LogP contribution in [-0.2, 0) is 26.6 Å². The predicted octanol–water partition coefficient (Wildman–Crippen LogP) is 1.32. The molecular weight excluding hydrogens is 202 g/mol. The van der Waals surface area contributed by atoms with E-state index in [4.69, 9.17) is 5.11 Å². The van der Waals surface area contributed by atoms with Gasteiger partial charge in [-0.3, -0.25) is 4.68 Å². The summed E-state index contributed by atoms with van der Waals surface area (Å²) in [5.41, 5.74) is 3.19. The number of nitrogens with zero attached hydrogens (tertiary/aromatic N) is 3. The van der Waals surface area contributed by atoms with E-state index in [1.165, 1.54) is 0 Å². The molecule has 0 fully saturated rings. The van der Waals surface area contributed by atoms with Crippen molar-refractivity contribution in [2.24, 2.45) is 7.05 Å². The van der Waals surface area contributed by atoms with Gasteiger partial charge in [-0.25, -0.2) is 0 Å². The first-order chi connectivity index (χ1) is 7.74. The van der Waals surface area contributed by atoms with Gasteiger partial charge in [-0.2, -0.15) is 5.10 Å². The lowest BCUT2D eigenvalue weighted by Crippen LogP contribution is -2.07. The van der Waals surface area contributed by atoms with Crippen molar-refractivity contribution < 1.29 is 5.11 Å². The van der Waals surface area contributed by atoms with Gasteiger partial charge in [0.1, 0.15) is 0 Å². The quantitative estimate of drug-likeness (QED) is 0.843. The molecule has 0 amide bonds. The van der Waals surface area contributed by atoms with Crippen molar-refractivity contribution in [2.45, 2.75) is 26.5 Å². The Hall–Kier alpha value is -1.55. The largest absolute Gasteiger partial charge is 0.390 e. The number of rotatable bonds is 4. The fourth-order valence-electron chi connectivity index (χ4n) is 1.81. The first-order valence-electron chi connectivity index (χ1n) is 5.51. The molecule has 86 valence electrons. The number of aryl methyl sites for hydroxylation is 2. The summed E-state index contributed by atoms with van der Waals surface area (Å²) in [6.07, 6.45) is 2.93. The van der Waals surface area contributed by atoms with Crippen molar-refractivity contribution >= 4 is 0 Å². The van der Waals surface area contributed by atoms with Crippen LogP contribution in [0, 0.1) is 0 Å². The molecule has 2 rings (SSSR count). The van der Waals surface area contributed by atoms with E-state index in [0.717, 1.165) is 30.0 Å². The molecule has 0 aliphatic heterocycles. The second-order valence-electron chi connectivity index (χ2n) is 3.89. The van der Waals surface area contributed by atoms with Gasteiger partial charge in [-0.1, -0.05) is 6.92 Å². The first kappa shape index (κ1) is 11.0. The molecule has 0 radical (unpaired) electrons. The third kappa shape index (κ3) is 2.02. The van der Waals surface area contributed by atoms with Gasteiger partial charge in [-0.15, -0.1) is 0 Å². The third-order valence-corrected chi connectivity index (χ3v) is 2.81. The molecule has 0 saturated carbocycles.